The van der Waals surface area contributed by atoms with Gasteiger partial charge in [0.15, 0.2) is 0 Å². The molecule has 6 nitrogen and oxygen atoms in total. The molecule has 2 rings (SSSR count). The molecule has 2 aliphatic rings. The average Bonchev–Trinajstić information content (AvgIpc) is 2.49. The number of nitrogens with one attached hydrogen (secondary N) is 1. The predicted molar refractivity (Wildman–Crippen MR) is 62.8 cm³/mol. The van der Waals surface area contributed by atoms with Gasteiger partial charge in [-0.1, -0.05) is 13.8 Å². The third kappa shape index (κ3) is 1.95. The highest BCUT2D eigenvalue weighted by atomic mass is 16.4. The highest BCUT2D eigenvalue weighted by Gasteiger charge is 2.53. The molecule has 2 N–H and O–H groups in total. The highest BCUT2D eigenvalue weighted by molar-refractivity contribution is 6.08. The van der Waals surface area contributed by atoms with Crippen molar-refractivity contribution in [3.05, 3.63) is 0 Å². The van der Waals surface area contributed by atoms with Crippen LogP contribution in [0.2, 0.25) is 0 Å². The van der Waals surface area contributed by atoms with Crippen molar-refractivity contribution >= 4 is 17.9 Å². The first kappa shape index (κ1) is 12.9. The first-order valence-corrected chi connectivity index (χ1v) is 6.21. The van der Waals surface area contributed by atoms with Gasteiger partial charge in [0.25, 0.3) is 5.91 Å². The lowest BCUT2D eigenvalue weighted by Gasteiger charge is -2.38. The molecule has 1 aliphatic carbocycles. The molecule has 0 bridgehead atoms. The highest BCUT2D eigenvalue weighted by Crippen LogP contribution is 2.39. The number of urea groups is 1. The zero-order chi connectivity index (χ0) is 13.5. The topological polar surface area (TPSA) is 86.7 Å². The van der Waals surface area contributed by atoms with Crippen LogP contribution in [0.4, 0.5) is 4.79 Å². The number of aliphatic carboxylic acids is 1. The molecule has 18 heavy (non-hydrogen) atoms. The average molecular weight is 254 g/mol. The third-order valence-corrected chi connectivity index (χ3v) is 4.21. The fourth-order valence-corrected chi connectivity index (χ4v) is 2.87. The normalized spacial score (nSPS) is 36.0. The summed E-state index contributed by atoms with van der Waals surface area (Å²) in [5.74, 6) is -0.692. The van der Waals surface area contributed by atoms with Crippen LogP contribution in [0, 0.1) is 11.8 Å². The van der Waals surface area contributed by atoms with E-state index in [0.29, 0.717) is 24.7 Å². The summed E-state index contributed by atoms with van der Waals surface area (Å²) in [5.41, 5.74) is -0.863. The lowest BCUT2D eigenvalue weighted by Crippen LogP contribution is -2.51. The molecule has 1 heterocycles. The van der Waals surface area contributed by atoms with Gasteiger partial charge >= 0.3 is 12.0 Å². The zero-order valence-electron chi connectivity index (χ0n) is 10.6. The number of carboxylic acid groups (broad SMARTS) is 1. The Labute approximate surface area is 105 Å². The molecule has 3 atom stereocenters. The van der Waals surface area contributed by atoms with Crippen molar-refractivity contribution in [2.24, 2.45) is 11.8 Å². The zero-order valence-corrected chi connectivity index (χ0v) is 10.6. The molecular formula is C12H18N2O4. The maximum Gasteiger partial charge on any atom is 0.325 e. The standard InChI is InChI=1S/C12H18N2O4/c1-7-3-4-12(5-8(7)2)10(17)14(6-9(15)16)11(18)13-12/h7-8H,3-6H2,1-2H3,(H,13,18)(H,15,16). The van der Waals surface area contributed by atoms with Crippen LogP contribution in [-0.4, -0.2) is 40.0 Å². The summed E-state index contributed by atoms with van der Waals surface area (Å²) in [7, 11) is 0. The van der Waals surface area contributed by atoms with Crippen LogP contribution in [0.15, 0.2) is 0 Å². The first-order chi connectivity index (χ1) is 8.35. The van der Waals surface area contributed by atoms with Gasteiger partial charge < -0.3 is 10.4 Å². The minimum Gasteiger partial charge on any atom is -0.480 e. The van der Waals surface area contributed by atoms with E-state index in [-0.39, 0.29) is 5.91 Å². The van der Waals surface area contributed by atoms with Crippen molar-refractivity contribution in [2.45, 2.75) is 38.6 Å². The third-order valence-electron chi connectivity index (χ3n) is 4.21. The molecule has 0 aromatic heterocycles. The molecule has 0 radical (unpaired) electrons. The van der Waals surface area contributed by atoms with Gasteiger partial charge in [-0.2, -0.15) is 0 Å². The molecule has 0 aromatic carbocycles. The second kappa shape index (κ2) is 4.26. The Morgan fingerprint density at radius 2 is 2.11 bits per heavy atom. The van der Waals surface area contributed by atoms with Gasteiger partial charge in [0.2, 0.25) is 0 Å². The first-order valence-electron chi connectivity index (χ1n) is 6.21. The van der Waals surface area contributed by atoms with Crippen LogP contribution in [0.3, 0.4) is 0 Å². The predicted octanol–water partition coefficient (Wildman–Crippen LogP) is 0.818. The van der Waals surface area contributed by atoms with Crippen LogP contribution in [0.1, 0.15) is 33.1 Å². The number of carboxylic acids is 1. The van der Waals surface area contributed by atoms with E-state index in [2.05, 4.69) is 19.2 Å². The van der Waals surface area contributed by atoms with Gasteiger partial charge in [0, 0.05) is 0 Å². The van der Waals surface area contributed by atoms with Crippen molar-refractivity contribution in [3.8, 4) is 0 Å². The molecule has 0 aromatic rings. The number of carbonyl (C=O) groups excluding carboxylic acids is 2. The van der Waals surface area contributed by atoms with E-state index >= 15 is 0 Å². The molecule has 1 saturated heterocycles. The molecule has 1 spiro atoms. The number of imide groups is 1. The van der Waals surface area contributed by atoms with E-state index in [1.807, 2.05) is 0 Å². The summed E-state index contributed by atoms with van der Waals surface area (Å²) in [4.78, 5) is 35.4. The molecule has 1 aliphatic heterocycles. The Bertz CT molecular complexity index is 409. The number of hydrogen-bond donors (Lipinski definition) is 2. The van der Waals surface area contributed by atoms with Crippen LogP contribution < -0.4 is 5.32 Å². The lowest BCUT2D eigenvalue weighted by atomic mass is 9.71. The van der Waals surface area contributed by atoms with E-state index in [1.165, 1.54) is 0 Å². The van der Waals surface area contributed by atoms with E-state index in [1.54, 1.807) is 0 Å². The number of carbonyl (C=O) groups is 3. The Morgan fingerprint density at radius 3 is 2.67 bits per heavy atom. The van der Waals surface area contributed by atoms with Crippen LogP contribution in [0.25, 0.3) is 0 Å². The minimum absolute atomic E-state index is 0.341. The molecule has 1 saturated carbocycles. The van der Waals surface area contributed by atoms with Gasteiger partial charge in [0.05, 0.1) is 0 Å². The second-order valence-electron chi connectivity index (χ2n) is 5.49. The molecular weight excluding hydrogens is 236 g/mol. The van der Waals surface area contributed by atoms with Crippen LogP contribution in [0.5, 0.6) is 0 Å². The van der Waals surface area contributed by atoms with Crippen LogP contribution in [-0.2, 0) is 9.59 Å². The molecule has 100 valence electrons. The fraction of sp³-hybridized carbons (Fsp3) is 0.750. The summed E-state index contributed by atoms with van der Waals surface area (Å²) in [6.45, 7) is 3.63. The van der Waals surface area contributed by atoms with Crippen molar-refractivity contribution in [3.63, 3.8) is 0 Å². The number of amides is 3. The number of nitrogens with zero attached hydrogens (tertiary/aromatic N) is 1. The van der Waals surface area contributed by atoms with E-state index in [4.69, 9.17) is 5.11 Å². The van der Waals surface area contributed by atoms with Crippen molar-refractivity contribution in [2.75, 3.05) is 6.54 Å². The molecule has 3 unspecified atom stereocenters. The summed E-state index contributed by atoms with van der Waals surface area (Å²) < 4.78 is 0. The van der Waals surface area contributed by atoms with Crippen LogP contribution >= 0.6 is 0 Å². The summed E-state index contributed by atoms with van der Waals surface area (Å²) in [5, 5.41) is 11.4. The van der Waals surface area contributed by atoms with E-state index < -0.39 is 24.1 Å². The minimum atomic E-state index is -1.17. The van der Waals surface area contributed by atoms with Crippen molar-refractivity contribution < 1.29 is 19.5 Å². The van der Waals surface area contributed by atoms with E-state index in [9.17, 15) is 14.4 Å². The maximum absolute atomic E-state index is 12.3. The van der Waals surface area contributed by atoms with Gasteiger partial charge in [0.1, 0.15) is 12.1 Å². The van der Waals surface area contributed by atoms with Crippen molar-refractivity contribution in [1.82, 2.24) is 10.2 Å². The van der Waals surface area contributed by atoms with E-state index in [0.717, 1.165) is 11.3 Å². The quantitative estimate of drug-likeness (QED) is 0.714. The Kier molecular flexibility index (Phi) is 3.04. The Hall–Kier alpha value is -1.59. The molecule has 3 amide bonds. The number of rotatable bonds is 2. The van der Waals surface area contributed by atoms with Gasteiger partial charge in [-0.25, -0.2) is 4.79 Å². The SMILES string of the molecule is CC1CCC2(CC1C)NC(=O)N(CC(=O)O)C2=O. The smallest absolute Gasteiger partial charge is 0.325 e. The van der Waals surface area contributed by atoms with Crippen molar-refractivity contribution in [1.29, 1.82) is 0 Å². The largest absolute Gasteiger partial charge is 0.480 e. The Balaban J connectivity index is 2.19. The van der Waals surface area contributed by atoms with Gasteiger partial charge in [-0.05, 0) is 31.1 Å². The maximum atomic E-state index is 12.3. The summed E-state index contributed by atoms with van der Waals surface area (Å²) >= 11 is 0. The fourth-order valence-electron chi connectivity index (χ4n) is 2.87. The Morgan fingerprint density at radius 1 is 1.44 bits per heavy atom. The van der Waals surface area contributed by atoms with Gasteiger partial charge in [-0.15, -0.1) is 0 Å². The molecule has 6 heteroatoms. The number of hydrogen-bond acceptors (Lipinski definition) is 3. The summed E-state index contributed by atoms with van der Waals surface area (Å²) in [6.07, 6.45) is 2.06. The lowest BCUT2D eigenvalue weighted by molar-refractivity contribution is -0.143. The molecule has 2 fully saturated rings. The monoisotopic (exact) mass is 254 g/mol. The second-order valence-corrected chi connectivity index (χ2v) is 5.49. The van der Waals surface area contributed by atoms with Gasteiger partial charge in [-0.3, -0.25) is 14.5 Å². The summed E-state index contributed by atoms with van der Waals surface area (Å²) in [6, 6.07) is -0.579.